The molecule has 98 valence electrons. The van der Waals surface area contributed by atoms with E-state index in [0.29, 0.717) is 0 Å². The molecule has 3 rings (SSSR count). The van der Waals surface area contributed by atoms with Gasteiger partial charge < -0.3 is 5.32 Å². The van der Waals surface area contributed by atoms with E-state index in [1.807, 2.05) is 11.3 Å². The Labute approximate surface area is 129 Å². The molecule has 3 aromatic rings. The molecular formula is C15H14BrNS2. The molecular weight excluding hydrogens is 338 g/mol. The molecule has 0 fully saturated rings. The lowest BCUT2D eigenvalue weighted by atomic mass is 10.00. The highest BCUT2D eigenvalue weighted by Gasteiger charge is 2.17. The van der Waals surface area contributed by atoms with Crippen molar-refractivity contribution in [2.45, 2.75) is 13.0 Å². The van der Waals surface area contributed by atoms with Gasteiger partial charge in [-0.3, -0.25) is 0 Å². The molecule has 0 aliphatic heterocycles. The van der Waals surface area contributed by atoms with E-state index in [4.69, 9.17) is 0 Å². The lowest BCUT2D eigenvalue weighted by molar-refractivity contribution is 0.636. The van der Waals surface area contributed by atoms with Crippen LogP contribution in [0, 0.1) is 0 Å². The highest BCUT2D eigenvalue weighted by molar-refractivity contribution is 9.11. The van der Waals surface area contributed by atoms with Gasteiger partial charge in [0.2, 0.25) is 0 Å². The number of benzene rings is 1. The van der Waals surface area contributed by atoms with E-state index >= 15 is 0 Å². The number of thiophene rings is 2. The predicted molar refractivity (Wildman–Crippen MR) is 89.4 cm³/mol. The van der Waals surface area contributed by atoms with Gasteiger partial charge in [0.25, 0.3) is 0 Å². The first-order chi connectivity index (χ1) is 9.29. The van der Waals surface area contributed by atoms with Crippen molar-refractivity contribution in [2.75, 3.05) is 6.54 Å². The maximum absolute atomic E-state index is 3.60. The third-order valence-electron chi connectivity index (χ3n) is 3.15. The monoisotopic (exact) mass is 351 g/mol. The summed E-state index contributed by atoms with van der Waals surface area (Å²) in [7, 11) is 0. The quantitative estimate of drug-likeness (QED) is 0.661. The summed E-state index contributed by atoms with van der Waals surface area (Å²) >= 11 is 7.12. The summed E-state index contributed by atoms with van der Waals surface area (Å²) in [4.78, 5) is 0. The fourth-order valence-electron chi connectivity index (χ4n) is 2.33. The van der Waals surface area contributed by atoms with Gasteiger partial charge >= 0.3 is 0 Å². The number of nitrogens with one attached hydrogen (secondary N) is 1. The molecule has 0 saturated heterocycles. The van der Waals surface area contributed by atoms with E-state index in [-0.39, 0.29) is 6.04 Å². The Hall–Kier alpha value is -0.680. The zero-order valence-corrected chi connectivity index (χ0v) is 13.7. The van der Waals surface area contributed by atoms with Crippen molar-refractivity contribution in [2.24, 2.45) is 0 Å². The van der Waals surface area contributed by atoms with Crippen molar-refractivity contribution in [3.05, 3.63) is 56.0 Å². The summed E-state index contributed by atoms with van der Waals surface area (Å²) in [6.07, 6.45) is 0. The largest absolute Gasteiger partial charge is 0.306 e. The van der Waals surface area contributed by atoms with Gasteiger partial charge in [-0.25, -0.2) is 0 Å². The van der Waals surface area contributed by atoms with Gasteiger partial charge in [-0.2, -0.15) is 0 Å². The molecule has 4 heteroatoms. The molecule has 1 nitrogen and oxygen atoms in total. The van der Waals surface area contributed by atoms with E-state index in [1.54, 1.807) is 11.3 Å². The number of fused-ring (bicyclic) bond motifs is 1. The second-order valence-corrected chi connectivity index (χ2v) is 7.57. The smallest absolute Gasteiger partial charge is 0.0701 e. The highest BCUT2D eigenvalue weighted by Crippen LogP contribution is 2.35. The normalized spacial score (nSPS) is 12.9. The third kappa shape index (κ3) is 2.63. The molecule has 0 radical (unpaired) electrons. The van der Waals surface area contributed by atoms with Crippen LogP contribution in [-0.2, 0) is 0 Å². The first-order valence-electron chi connectivity index (χ1n) is 6.23. The van der Waals surface area contributed by atoms with Crippen LogP contribution in [0.15, 0.2) is 44.9 Å². The maximum Gasteiger partial charge on any atom is 0.0701 e. The minimum Gasteiger partial charge on any atom is -0.306 e. The van der Waals surface area contributed by atoms with Crippen LogP contribution in [0.25, 0.3) is 10.1 Å². The zero-order valence-electron chi connectivity index (χ0n) is 10.5. The molecule has 1 N–H and O–H groups in total. The Morgan fingerprint density at radius 3 is 2.89 bits per heavy atom. The van der Waals surface area contributed by atoms with Crippen molar-refractivity contribution in [1.29, 1.82) is 0 Å². The maximum atomic E-state index is 3.60. The summed E-state index contributed by atoms with van der Waals surface area (Å²) in [6, 6.07) is 11.2. The number of halogens is 1. The summed E-state index contributed by atoms with van der Waals surface area (Å²) in [5.41, 5.74) is 2.71. The van der Waals surface area contributed by atoms with Gasteiger partial charge in [-0.1, -0.05) is 25.1 Å². The van der Waals surface area contributed by atoms with Crippen molar-refractivity contribution in [3.63, 3.8) is 0 Å². The first-order valence-corrected chi connectivity index (χ1v) is 8.78. The number of rotatable bonds is 4. The Morgan fingerprint density at radius 2 is 2.16 bits per heavy atom. The molecule has 1 unspecified atom stereocenters. The molecule has 0 aliphatic carbocycles. The van der Waals surface area contributed by atoms with E-state index < -0.39 is 0 Å². The first kappa shape index (κ1) is 13.3. The van der Waals surface area contributed by atoms with Crippen LogP contribution >= 0.6 is 38.6 Å². The standard InChI is InChI=1S/C15H14BrNS2/c1-2-17-14(11-8-13(16)19-9-11)12-5-3-4-10-6-7-18-15(10)12/h3-9,14,17H,2H2,1H3. The molecule has 1 atom stereocenters. The number of hydrogen-bond donors (Lipinski definition) is 1. The molecule has 2 heterocycles. The molecule has 0 amide bonds. The number of hydrogen-bond acceptors (Lipinski definition) is 3. The van der Waals surface area contributed by atoms with Crippen LogP contribution in [0.4, 0.5) is 0 Å². The summed E-state index contributed by atoms with van der Waals surface area (Å²) in [5.74, 6) is 0. The van der Waals surface area contributed by atoms with Crippen LogP contribution in [-0.4, -0.2) is 6.54 Å². The minimum absolute atomic E-state index is 0.273. The van der Waals surface area contributed by atoms with Crippen molar-refractivity contribution < 1.29 is 0 Å². The molecule has 0 saturated carbocycles. The lowest BCUT2D eigenvalue weighted by Crippen LogP contribution is -2.21. The molecule has 0 bridgehead atoms. The second kappa shape index (κ2) is 5.75. The van der Waals surface area contributed by atoms with Crippen LogP contribution in [0.1, 0.15) is 24.1 Å². The van der Waals surface area contributed by atoms with Gasteiger partial charge in [0.05, 0.1) is 9.83 Å². The van der Waals surface area contributed by atoms with Crippen LogP contribution in [0.5, 0.6) is 0 Å². The minimum atomic E-state index is 0.273. The fraction of sp³-hybridized carbons (Fsp3) is 0.200. The summed E-state index contributed by atoms with van der Waals surface area (Å²) in [6.45, 7) is 3.11. The SMILES string of the molecule is CCNC(c1csc(Br)c1)c1cccc2ccsc12. The van der Waals surface area contributed by atoms with Gasteiger partial charge in [0.1, 0.15) is 0 Å². The third-order valence-corrected chi connectivity index (χ3v) is 5.65. The summed E-state index contributed by atoms with van der Waals surface area (Å²) in [5, 5.41) is 9.33. The lowest BCUT2D eigenvalue weighted by Gasteiger charge is -2.18. The van der Waals surface area contributed by atoms with Gasteiger partial charge in [-0.05, 0) is 61.9 Å². The second-order valence-electron chi connectivity index (χ2n) is 4.36. The van der Waals surface area contributed by atoms with Crippen molar-refractivity contribution >= 4 is 48.7 Å². The van der Waals surface area contributed by atoms with Crippen molar-refractivity contribution in [1.82, 2.24) is 5.32 Å². The molecule has 2 aromatic heterocycles. The Morgan fingerprint density at radius 1 is 1.26 bits per heavy atom. The predicted octanol–water partition coefficient (Wildman–Crippen LogP) is 5.42. The van der Waals surface area contributed by atoms with E-state index in [9.17, 15) is 0 Å². The van der Waals surface area contributed by atoms with Crippen LogP contribution in [0.2, 0.25) is 0 Å². The Kier molecular flexibility index (Phi) is 4.03. The molecule has 0 spiro atoms. The van der Waals surface area contributed by atoms with Crippen molar-refractivity contribution in [3.8, 4) is 0 Å². The fourth-order valence-corrected chi connectivity index (χ4v) is 4.48. The molecule has 0 aliphatic rings. The average Bonchev–Trinajstić information content (AvgIpc) is 3.04. The summed E-state index contributed by atoms with van der Waals surface area (Å²) < 4.78 is 2.57. The van der Waals surface area contributed by atoms with Crippen LogP contribution in [0.3, 0.4) is 0 Å². The Balaban J connectivity index is 2.11. The zero-order chi connectivity index (χ0) is 13.2. The van der Waals surface area contributed by atoms with Gasteiger partial charge in [0.15, 0.2) is 0 Å². The Bertz CT molecular complexity index is 686. The average molecular weight is 352 g/mol. The van der Waals surface area contributed by atoms with Crippen LogP contribution < -0.4 is 5.32 Å². The van der Waals surface area contributed by atoms with E-state index in [1.165, 1.54) is 25.0 Å². The topological polar surface area (TPSA) is 12.0 Å². The molecule has 19 heavy (non-hydrogen) atoms. The van der Waals surface area contributed by atoms with Gasteiger partial charge in [0, 0.05) is 4.70 Å². The van der Waals surface area contributed by atoms with E-state index in [2.05, 4.69) is 69.3 Å². The van der Waals surface area contributed by atoms with E-state index in [0.717, 1.165) is 6.54 Å². The highest BCUT2D eigenvalue weighted by atomic mass is 79.9. The molecule has 1 aromatic carbocycles. The van der Waals surface area contributed by atoms with Gasteiger partial charge in [-0.15, -0.1) is 22.7 Å².